The van der Waals surface area contributed by atoms with E-state index in [0.717, 1.165) is 11.1 Å². The summed E-state index contributed by atoms with van der Waals surface area (Å²) < 4.78 is 32.3. The van der Waals surface area contributed by atoms with Gasteiger partial charge in [0.05, 0.1) is 6.61 Å². The number of phosphoric acid groups is 1. The SMILES string of the molecule is O=C1O[C@@H]([C@@H](CO)OP(=O)(O)O)C(OCc2ccccc2)=C1OCc1ccccc1. The van der Waals surface area contributed by atoms with E-state index >= 15 is 0 Å². The molecule has 2 aromatic carbocycles. The molecule has 0 saturated carbocycles. The van der Waals surface area contributed by atoms with Crippen molar-refractivity contribution < 1.29 is 43.0 Å². The van der Waals surface area contributed by atoms with Crippen LogP contribution in [0.2, 0.25) is 0 Å². The van der Waals surface area contributed by atoms with Gasteiger partial charge in [-0.15, -0.1) is 0 Å². The first-order valence-corrected chi connectivity index (χ1v) is 10.5. The summed E-state index contributed by atoms with van der Waals surface area (Å²) in [5, 5.41) is 9.55. The third kappa shape index (κ3) is 5.91. The molecule has 3 rings (SSSR count). The molecule has 0 bridgehead atoms. The first kappa shape index (κ1) is 22.0. The van der Waals surface area contributed by atoms with Gasteiger partial charge in [0.25, 0.3) is 0 Å². The monoisotopic (exact) mass is 436 g/mol. The van der Waals surface area contributed by atoms with Gasteiger partial charge in [0.15, 0.2) is 11.9 Å². The molecule has 10 heteroatoms. The molecular weight excluding hydrogens is 415 g/mol. The Labute approximate surface area is 172 Å². The van der Waals surface area contributed by atoms with Crippen LogP contribution < -0.4 is 0 Å². The van der Waals surface area contributed by atoms with Crippen LogP contribution in [0.4, 0.5) is 0 Å². The fourth-order valence-corrected chi connectivity index (χ4v) is 3.33. The van der Waals surface area contributed by atoms with Gasteiger partial charge in [-0.05, 0) is 11.1 Å². The Bertz CT molecular complexity index is 924. The highest BCUT2D eigenvalue weighted by atomic mass is 31.2. The molecule has 2 aromatic rings. The zero-order valence-electron chi connectivity index (χ0n) is 15.8. The number of carbonyl (C=O) groups excluding carboxylic acids is 1. The van der Waals surface area contributed by atoms with Crippen molar-refractivity contribution >= 4 is 13.8 Å². The van der Waals surface area contributed by atoms with Crippen molar-refractivity contribution in [3.63, 3.8) is 0 Å². The van der Waals surface area contributed by atoms with Gasteiger partial charge >= 0.3 is 13.8 Å². The molecule has 160 valence electrons. The molecule has 0 fully saturated rings. The molecule has 3 N–H and O–H groups in total. The molecule has 0 spiro atoms. The standard InChI is InChI=1S/C20H21O9P/c21-11-16(29-30(23,24)25)17-18(26-12-14-7-3-1-4-8-14)19(20(22)28-17)27-13-15-9-5-2-6-10-15/h1-10,16-17,21H,11-13H2,(H2,23,24,25)/t16-,17+/m1/s1. The van der Waals surface area contributed by atoms with Gasteiger partial charge in [0, 0.05) is 0 Å². The molecular formula is C20H21O9P. The largest absolute Gasteiger partial charge is 0.485 e. The molecule has 0 aliphatic carbocycles. The Hall–Kier alpha value is -2.68. The summed E-state index contributed by atoms with van der Waals surface area (Å²) in [7, 11) is -4.97. The van der Waals surface area contributed by atoms with E-state index in [1.807, 2.05) is 24.3 Å². The van der Waals surface area contributed by atoms with E-state index in [2.05, 4.69) is 4.52 Å². The number of benzene rings is 2. The number of hydrogen-bond acceptors (Lipinski definition) is 7. The molecule has 9 nitrogen and oxygen atoms in total. The predicted molar refractivity (Wildman–Crippen MR) is 103 cm³/mol. The summed E-state index contributed by atoms with van der Waals surface area (Å²) in [4.78, 5) is 30.6. The van der Waals surface area contributed by atoms with Crippen LogP contribution in [0, 0.1) is 0 Å². The van der Waals surface area contributed by atoms with E-state index in [4.69, 9.17) is 24.0 Å². The van der Waals surface area contributed by atoms with Crippen molar-refractivity contribution in [2.45, 2.75) is 25.4 Å². The Kier molecular flexibility index (Phi) is 7.25. The Morgan fingerprint density at radius 3 is 1.97 bits per heavy atom. The van der Waals surface area contributed by atoms with Crippen molar-refractivity contribution in [1.82, 2.24) is 0 Å². The highest BCUT2D eigenvalue weighted by Crippen LogP contribution is 2.41. The summed E-state index contributed by atoms with van der Waals surface area (Å²) in [6.45, 7) is -0.748. The fraction of sp³-hybridized carbons (Fsp3) is 0.250. The molecule has 0 unspecified atom stereocenters. The minimum Gasteiger partial charge on any atom is -0.485 e. The van der Waals surface area contributed by atoms with Crippen LogP contribution >= 0.6 is 7.82 Å². The van der Waals surface area contributed by atoms with Gasteiger partial charge < -0.3 is 29.1 Å². The number of aliphatic hydroxyl groups excluding tert-OH is 1. The first-order valence-electron chi connectivity index (χ1n) is 9.01. The van der Waals surface area contributed by atoms with E-state index in [0.29, 0.717) is 0 Å². The van der Waals surface area contributed by atoms with Crippen LogP contribution in [0.3, 0.4) is 0 Å². The molecule has 0 aromatic heterocycles. The second-order valence-electron chi connectivity index (χ2n) is 6.38. The van der Waals surface area contributed by atoms with E-state index in [1.165, 1.54) is 0 Å². The topological polar surface area (TPSA) is 132 Å². The predicted octanol–water partition coefficient (Wildman–Crippen LogP) is 2.03. The minimum absolute atomic E-state index is 0.0373. The average Bonchev–Trinajstić information content (AvgIpc) is 3.05. The maximum Gasteiger partial charge on any atom is 0.470 e. The van der Waals surface area contributed by atoms with Gasteiger partial charge in [0.1, 0.15) is 19.3 Å². The third-order valence-electron chi connectivity index (χ3n) is 4.16. The maximum atomic E-state index is 12.4. The molecule has 0 amide bonds. The van der Waals surface area contributed by atoms with Crippen molar-refractivity contribution in [1.29, 1.82) is 0 Å². The van der Waals surface area contributed by atoms with Crippen LogP contribution in [0.15, 0.2) is 72.2 Å². The molecule has 0 saturated heterocycles. The number of aliphatic hydroxyl groups is 1. The fourth-order valence-electron chi connectivity index (χ4n) is 2.80. The van der Waals surface area contributed by atoms with E-state index in [1.54, 1.807) is 36.4 Å². The quantitative estimate of drug-likeness (QED) is 0.378. The van der Waals surface area contributed by atoms with Gasteiger partial charge in [-0.1, -0.05) is 60.7 Å². The lowest BCUT2D eigenvalue weighted by Crippen LogP contribution is -2.34. The van der Waals surface area contributed by atoms with Gasteiger partial charge in [0.2, 0.25) is 5.76 Å². The molecule has 1 aliphatic rings. The molecule has 30 heavy (non-hydrogen) atoms. The van der Waals surface area contributed by atoms with Crippen molar-refractivity contribution in [2.75, 3.05) is 6.61 Å². The van der Waals surface area contributed by atoms with Crippen LogP contribution in [0.1, 0.15) is 11.1 Å². The second-order valence-corrected chi connectivity index (χ2v) is 7.58. The lowest BCUT2D eigenvalue weighted by Gasteiger charge is -2.23. The highest BCUT2D eigenvalue weighted by molar-refractivity contribution is 7.46. The number of ether oxygens (including phenoxy) is 3. The number of rotatable bonds is 10. The lowest BCUT2D eigenvalue weighted by molar-refractivity contribution is -0.148. The number of esters is 1. The second kappa shape index (κ2) is 9.88. The van der Waals surface area contributed by atoms with Gasteiger partial charge in [-0.2, -0.15) is 0 Å². The average molecular weight is 436 g/mol. The number of carbonyl (C=O) groups is 1. The highest BCUT2D eigenvalue weighted by Gasteiger charge is 2.45. The van der Waals surface area contributed by atoms with Crippen LogP contribution in [0.25, 0.3) is 0 Å². The smallest absolute Gasteiger partial charge is 0.470 e. The van der Waals surface area contributed by atoms with E-state index in [9.17, 15) is 14.5 Å². The zero-order valence-corrected chi connectivity index (χ0v) is 16.7. The summed E-state index contributed by atoms with van der Waals surface area (Å²) in [5.74, 6) is -1.23. The summed E-state index contributed by atoms with van der Waals surface area (Å²) in [6.07, 6.45) is -2.93. The third-order valence-corrected chi connectivity index (χ3v) is 4.70. The summed E-state index contributed by atoms with van der Waals surface area (Å²) in [6, 6.07) is 18.1. The molecule has 0 radical (unpaired) electrons. The van der Waals surface area contributed by atoms with Crippen LogP contribution in [0.5, 0.6) is 0 Å². The number of cyclic esters (lactones) is 1. The van der Waals surface area contributed by atoms with E-state index in [-0.39, 0.29) is 24.7 Å². The van der Waals surface area contributed by atoms with Crippen LogP contribution in [-0.4, -0.2) is 39.7 Å². The first-order chi connectivity index (χ1) is 14.4. The Balaban J connectivity index is 1.85. The van der Waals surface area contributed by atoms with E-state index < -0.39 is 32.6 Å². The Morgan fingerprint density at radius 1 is 0.933 bits per heavy atom. The number of phosphoric ester groups is 1. The molecule has 1 aliphatic heterocycles. The van der Waals surface area contributed by atoms with Crippen LogP contribution in [-0.2, 0) is 41.3 Å². The Morgan fingerprint density at radius 2 is 1.47 bits per heavy atom. The summed E-state index contributed by atoms with van der Waals surface area (Å²) >= 11 is 0. The minimum atomic E-state index is -4.97. The molecule has 2 atom stereocenters. The van der Waals surface area contributed by atoms with Crippen molar-refractivity contribution in [3.8, 4) is 0 Å². The zero-order chi connectivity index (χ0) is 21.6. The molecule has 1 heterocycles. The van der Waals surface area contributed by atoms with Crippen molar-refractivity contribution in [2.24, 2.45) is 0 Å². The maximum absolute atomic E-state index is 12.4. The normalized spacial score (nSPS) is 17.6. The van der Waals surface area contributed by atoms with Gasteiger partial charge in [-0.25, -0.2) is 9.36 Å². The van der Waals surface area contributed by atoms with Crippen molar-refractivity contribution in [3.05, 3.63) is 83.3 Å². The summed E-state index contributed by atoms with van der Waals surface area (Å²) in [5.41, 5.74) is 1.57. The lowest BCUT2D eigenvalue weighted by atomic mass is 10.1. The number of hydrogen-bond donors (Lipinski definition) is 3. The van der Waals surface area contributed by atoms with Gasteiger partial charge in [-0.3, -0.25) is 4.52 Å².